The Bertz CT molecular complexity index is 482. The molecule has 0 aliphatic carbocycles. The van der Waals surface area contributed by atoms with Crippen molar-refractivity contribution in [1.29, 1.82) is 0 Å². The first-order valence-electron chi connectivity index (χ1n) is 8.13. The molecule has 0 heterocycles. The van der Waals surface area contributed by atoms with Gasteiger partial charge in [-0.3, -0.25) is 0 Å². The molecular formula is C21H32O2. The van der Waals surface area contributed by atoms with Crippen molar-refractivity contribution in [3.8, 4) is 11.5 Å². The van der Waals surface area contributed by atoms with Crippen LogP contribution in [0.15, 0.2) is 36.4 Å². The summed E-state index contributed by atoms with van der Waals surface area (Å²) < 4.78 is 10.4. The minimum atomic E-state index is 1.00. The summed E-state index contributed by atoms with van der Waals surface area (Å²) in [7, 11) is 3.41. The Kier molecular flexibility index (Phi) is 10.6. The standard InChI is InChI=1S/2C9H12O.C3H8/c2*1-7-5-4-6-8(2)9(7)10-3;1-3-2/h2*4-6H,1-3H3;3H2,1-2H3. The summed E-state index contributed by atoms with van der Waals surface area (Å²) in [4.78, 5) is 0. The first kappa shape index (κ1) is 21.0. The van der Waals surface area contributed by atoms with E-state index in [1.807, 2.05) is 64.1 Å². The van der Waals surface area contributed by atoms with Gasteiger partial charge in [0.05, 0.1) is 14.2 Å². The molecule has 2 heteroatoms. The maximum absolute atomic E-state index is 5.18. The predicted molar refractivity (Wildman–Crippen MR) is 101 cm³/mol. The lowest BCUT2D eigenvalue weighted by Crippen LogP contribution is -1.89. The van der Waals surface area contributed by atoms with Crippen molar-refractivity contribution < 1.29 is 9.47 Å². The van der Waals surface area contributed by atoms with Crippen LogP contribution >= 0.6 is 0 Å². The van der Waals surface area contributed by atoms with Gasteiger partial charge in [0.1, 0.15) is 11.5 Å². The van der Waals surface area contributed by atoms with Crippen molar-refractivity contribution in [2.45, 2.75) is 48.0 Å². The lowest BCUT2D eigenvalue weighted by atomic mass is 10.1. The molecule has 0 spiro atoms. The number of hydrogen-bond acceptors (Lipinski definition) is 2. The number of rotatable bonds is 2. The highest BCUT2D eigenvalue weighted by molar-refractivity contribution is 5.40. The van der Waals surface area contributed by atoms with E-state index in [0.717, 1.165) is 11.5 Å². The zero-order valence-electron chi connectivity index (χ0n) is 16.0. The quantitative estimate of drug-likeness (QED) is 0.672. The topological polar surface area (TPSA) is 18.5 Å². The molecule has 128 valence electrons. The molecule has 0 radical (unpaired) electrons. The Labute approximate surface area is 142 Å². The minimum Gasteiger partial charge on any atom is -0.496 e. The van der Waals surface area contributed by atoms with Gasteiger partial charge in [0.15, 0.2) is 0 Å². The Morgan fingerprint density at radius 1 is 0.609 bits per heavy atom. The first-order chi connectivity index (χ1) is 10.9. The summed E-state index contributed by atoms with van der Waals surface area (Å²) in [6, 6.07) is 12.3. The van der Waals surface area contributed by atoms with Crippen LogP contribution in [-0.4, -0.2) is 14.2 Å². The van der Waals surface area contributed by atoms with Crippen molar-refractivity contribution in [2.75, 3.05) is 14.2 Å². The average Bonchev–Trinajstić information content (AvgIpc) is 2.49. The summed E-state index contributed by atoms with van der Waals surface area (Å²) in [6.45, 7) is 12.4. The Morgan fingerprint density at radius 2 is 0.826 bits per heavy atom. The highest BCUT2D eigenvalue weighted by Gasteiger charge is 1.99. The number of ether oxygens (including phenoxy) is 2. The van der Waals surface area contributed by atoms with Crippen LogP contribution in [-0.2, 0) is 0 Å². The summed E-state index contributed by atoms with van der Waals surface area (Å²) >= 11 is 0. The fourth-order valence-corrected chi connectivity index (χ4v) is 2.24. The highest BCUT2D eigenvalue weighted by atomic mass is 16.5. The molecule has 0 saturated carbocycles. The van der Waals surface area contributed by atoms with E-state index in [1.165, 1.54) is 28.7 Å². The van der Waals surface area contributed by atoms with Crippen molar-refractivity contribution >= 4 is 0 Å². The summed E-state index contributed by atoms with van der Waals surface area (Å²) in [5, 5.41) is 0. The third-order valence-corrected chi connectivity index (χ3v) is 3.23. The molecular weight excluding hydrogens is 284 g/mol. The van der Waals surface area contributed by atoms with E-state index in [0.29, 0.717) is 0 Å². The van der Waals surface area contributed by atoms with Gasteiger partial charge in [0.25, 0.3) is 0 Å². The van der Waals surface area contributed by atoms with E-state index in [-0.39, 0.29) is 0 Å². The van der Waals surface area contributed by atoms with Crippen LogP contribution in [0.4, 0.5) is 0 Å². The van der Waals surface area contributed by atoms with E-state index < -0.39 is 0 Å². The van der Waals surface area contributed by atoms with E-state index in [4.69, 9.17) is 9.47 Å². The second kappa shape index (κ2) is 11.6. The van der Waals surface area contributed by atoms with Crippen molar-refractivity contribution in [3.05, 3.63) is 58.7 Å². The summed E-state index contributed by atoms with van der Waals surface area (Å²) in [5.41, 5.74) is 4.79. The molecule has 23 heavy (non-hydrogen) atoms. The summed E-state index contributed by atoms with van der Waals surface area (Å²) in [6.07, 6.45) is 1.25. The van der Waals surface area contributed by atoms with Gasteiger partial charge in [-0.2, -0.15) is 0 Å². The van der Waals surface area contributed by atoms with Gasteiger partial charge >= 0.3 is 0 Å². The molecule has 2 aromatic carbocycles. The Morgan fingerprint density at radius 3 is 0.957 bits per heavy atom. The van der Waals surface area contributed by atoms with Crippen LogP contribution in [0, 0.1) is 27.7 Å². The van der Waals surface area contributed by atoms with Crippen molar-refractivity contribution in [3.63, 3.8) is 0 Å². The predicted octanol–water partition coefficient (Wildman–Crippen LogP) is 6.04. The molecule has 2 rings (SSSR count). The normalized spacial score (nSPS) is 9.04. The van der Waals surface area contributed by atoms with Crippen LogP contribution in [0.3, 0.4) is 0 Å². The number of methoxy groups -OCH3 is 2. The van der Waals surface area contributed by atoms with E-state index in [1.54, 1.807) is 14.2 Å². The van der Waals surface area contributed by atoms with Crippen LogP contribution < -0.4 is 9.47 Å². The number of para-hydroxylation sites is 2. The maximum Gasteiger partial charge on any atom is 0.124 e. The van der Waals surface area contributed by atoms with Gasteiger partial charge in [-0.25, -0.2) is 0 Å². The molecule has 0 N–H and O–H groups in total. The molecule has 0 fully saturated rings. The SMILES string of the molecule is CCC.COc1c(C)cccc1C.COc1c(C)cccc1C. The number of benzene rings is 2. The van der Waals surface area contributed by atoms with Gasteiger partial charge in [-0.05, 0) is 49.9 Å². The molecule has 2 nitrogen and oxygen atoms in total. The molecule has 0 aliphatic rings. The first-order valence-corrected chi connectivity index (χ1v) is 8.13. The average molecular weight is 316 g/mol. The molecule has 0 bridgehead atoms. The van der Waals surface area contributed by atoms with E-state index in [2.05, 4.69) is 13.8 Å². The van der Waals surface area contributed by atoms with Gasteiger partial charge in [-0.15, -0.1) is 0 Å². The van der Waals surface area contributed by atoms with Crippen LogP contribution in [0.5, 0.6) is 11.5 Å². The van der Waals surface area contributed by atoms with E-state index in [9.17, 15) is 0 Å². The fourth-order valence-electron chi connectivity index (χ4n) is 2.24. The van der Waals surface area contributed by atoms with Gasteiger partial charge < -0.3 is 9.47 Å². The molecule has 0 amide bonds. The maximum atomic E-state index is 5.18. The zero-order chi connectivity index (χ0) is 17.8. The van der Waals surface area contributed by atoms with Gasteiger partial charge in [-0.1, -0.05) is 56.7 Å². The van der Waals surface area contributed by atoms with Crippen LogP contribution in [0.2, 0.25) is 0 Å². The molecule has 2 aromatic rings. The minimum absolute atomic E-state index is 1.00. The molecule has 0 aromatic heterocycles. The largest absolute Gasteiger partial charge is 0.496 e. The monoisotopic (exact) mass is 316 g/mol. The van der Waals surface area contributed by atoms with Gasteiger partial charge in [0.2, 0.25) is 0 Å². The molecule has 0 aliphatic heterocycles. The van der Waals surface area contributed by atoms with E-state index >= 15 is 0 Å². The third-order valence-electron chi connectivity index (χ3n) is 3.23. The second-order valence-electron chi connectivity index (χ2n) is 5.56. The number of hydrogen-bond donors (Lipinski definition) is 0. The van der Waals surface area contributed by atoms with Crippen LogP contribution in [0.1, 0.15) is 42.5 Å². The zero-order valence-corrected chi connectivity index (χ0v) is 16.0. The lowest BCUT2D eigenvalue weighted by Gasteiger charge is -2.06. The molecule has 0 unspecified atom stereocenters. The highest BCUT2D eigenvalue weighted by Crippen LogP contribution is 2.21. The Balaban J connectivity index is 0.000000360. The second-order valence-corrected chi connectivity index (χ2v) is 5.56. The fraction of sp³-hybridized carbons (Fsp3) is 0.429. The van der Waals surface area contributed by atoms with Crippen molar-refractivity contribution in [2.24, 2.45) is 0 Å². The third kappa shape index (κ3) is 7.23. The van der Waals surface area contributed by atoms with Crippen LogP contribution in [0.25, 0.3) is 0 Å². The smallest absolute Gasteiger partial charge is 0.124 e. The molecule has 0 atom stereocenters. The number of aryl methyl sites for hydroxylation is 4. The Hall–Kier alpha value is -1.96. The van der Waals surface area contributed by atoms with Crippen molar-refractivity contribution in [1.82, 2.24) is 0 Å². The van der Waals surface area contributed by atoms with Gasteiger partial charge in [0, 0.05) is 0 Å². The lowest BCUT2D eigenvalue weighted by molar-refractivity contribution is 0.408. The summed E-state index contributed by atoms with van der Waals surface area (Å²) in [5.74, 6) is 2.00. The molecule has 0 saturated heterocycles.